The fourth-order valence-corrected chi connectivity index (χ4v) is 3.70. The average Bonchev–Trinajstić information content (AvgIpc) is 2.59. The first-order valence-corrected chi connectivity index (χ1v) is 9.41. The number of hydrogen-bond donors (Lipinski definition) is 1. The number of rotatable bonds is 4. The highest BCUT2D eigenvalue weighted by Crippen LogP contribution is 2.22. The van der Waals surface area contributed by atoms with Gasteiger partial charge in [-0.25, -0.2) is 0 Å². The minimum Gasteiger partial charge on any atom is -0.369 e. The zero-order chi connectivity index (χ0) is 18.7. The van der Waals surface area contributed by atoms with E-state index >= 15 is 0 Å². The molecule has 2 aromatic rings. The maximum absolute atomic E-state index is 12.5. The molecule has 2 aromatic carbocycles. The van der Waals surface area contributed by atoms with Gasteiger partial charge in [0.1, 0.15) is 0 Å². The van der Waals surface area contributed by atoms with E-state index < -0.39 is 0 Å². The molecule has 0 unspecified atom stereocenters. The van der Waals surface area contributed by atoms with Gasteiger partial charge in [0, 0.05) is 42.6 Å². The molecule has 0 aliphatic carbocycles. The van der Waals surface area contributed by atoms with E-state index in [1.54, 1.807) is 0 Å². The molecule has 0 radical (unpaired) electrons. The Bertz CT molecular complexity index is 757. The normalized spacial score (nSPS) is 15.2. The van der Waals surface area contributed by atoms with Gasteiger partial charge in [0.2, 0.25) is 5.91 Å². The molecule has 0 bridgehead atoms. The van der Waals surface area contributed by atoms with Crippen LogP contribution in [0.3, 0.4) is 0 Å². The molecular weight excluding hydrogens is 346 g/mol. The van der Waals surface area contributed by atoms with E-state index in [1.165, 1.54) is 11.3 Å². The molecule has 3 rings (SSSR count). The molecule has 0 atom stereocenters. The number of piperazine rings is 1. The van der Waals surface area contributed by atoms with Gasteiger partial charge in [-0.1, -0.05) is 29.3 Å². The Morgan fingerprint density at radius 3 is 2.15 bits per heavy atom. The van der Waals surface area contributed by atoms with Crippen LogP contribution >= 0.6 is 11.6 Å². The summed E-state index contributed by atoms with van der Waals surface area (Å²) in [6, 6.07) is 12.1. The fraction of sp³-hybridized carbons (Fsp3) is 0.381. The molecule has 4 nitrogen and oxygen atoms in total. The van der Waals surface area contributed by atoms with Gasteiger partial charge < -0.3 is 10.2 Å². The molecule has 1 saturated heterocycles. The van der Waals surface area contributed by atoms with Crippen molar-refractivity contribution in [1.82, 2.24) is 4.90 Å². The Kier molecular flexibility index (Phi) is 5.84. The average molecular weight is 372 g/mol. The van der Waals surface area contributed by atoms with Crippen molar-refractivity contribution >= 4 is 28.9 Å². The number of anilines is 2. The van der Waals surface area contributed by atoms with Crippen molar-refractivity contribution in [3.05, 3.63) is 58.1 Å². The lowest BCUT2D eigenvalue weighted by atomic mass is 10.1. The molecule has 0 saturated carbocycles. The predicted octanol–water partition coefficient (Wildman–Crippen LogP) is 4.03. The molecule has 138 valence electrons. The number of hydrogen-bond acceptors (Lipinski definition) is 3. The summed E-state index contributed by atoms with van der Waals surface area (Å²) in [5, 5.41) is 3.85. The molecule has 0 spiro atoms. The van der Waals surface area contributed by atoms with E-state index in [-0.39, 0.29) is 5.91 Å². The Morgan fingerprint density at radius 1 is 1.00 bits per heavy atom. The molecular formula is C21H26ClN3O. The molecule has 5 heteroatoms. The molecule has 1 N–H and O–H groups in total. The Hall–Kier alpha value is -2.04. The van der Waals surface area contributed by atoms with Crippen LogP contribution in [0.15, 0.2) is 36.4 Å². The smallest absolute Gasteiger partial charge is 0.238 e. The highest BCUT2D eigenvalue weighted by Gasteiger charge is 2.19. The van der Waals surface area contributed by atoms with E-state index in [4.69, 9.17) is 11.6 Å². The second-order valence-corrected chi connectivity index (χ2v) is 7.50. The number of carbonyl (C=O) groups is 1. The first-order chi connectivity index (χ1) is 12.4. The summed E-state index contributed by atoms with van der Waals surface area (Å²) < 4.78 is 0. The third-order valence-electron chi connectivity index (χ3n) is 4.87. The third-order valence-corrected chi connectivity index (χ3v) is 5.12. The van der Waals surface area contributed by atoms with Crippen LogP contribution in [0.2, 0.25) is 5.02 Å². The summed E-state index contributed by atoms with van der Waals surface area (Å²) in [7, 11) is 0. The highest BCUT2D eigenvalue weighted by molar-refractivity contribution is 6.30. The minimum atomic E-state index is 0.0556. The van der Waals surface area contributed by atoms with Crippen LogP contribution in [0, 0.1) is 20.8 Å². The summed E-state index contributed by atoms with van der Waals surface area (Å²) in [5.74, 6) is 0.0556. The summed E-state index contributed by atoms with van der Waals surface area (Å²) in [6.45, 7) is 10.2. The lowest BCUT2D eigenvalue weighted by Crippen LogP contribution is -2.48. The summed E-state index contributed by atoms with van der Waals surface area (Å²) in [5.41, 5.74) is 5.58. The Morgan fingerprint density at radius 2 is 1.58 bits per heavy atom. The molecule has 26 heavy (non-hydrogen) atoms. The second-order valence-electron chi connectivity index (χ2n) is 7.06. The molecule has 1 fully saturated rings. The van der Waals surface area contributed by atoms with E-state index in [9.17, 15) is 4.79 Å². The zero-order valence-electron chi connectivity index (χ0n) is 15.7. The predicted molar refractivity (Wildman–Crippen MR) is 109 cm³/mol. The number of benzene rings is 2. The molecule has 1 aliphatic rings. The molecule has 1 amide bonds. The molecule has 0 aromatic heterocycles. The van der Waals surface area contributed by atoms with Crippen molar-refractivity contribution in [2.24, 2.45) is 0 Å². The number of nitrogens with one attached hydrogen (secondary N) is 1. The van der Waals surface area contributed by atoms with Crippen molar-refractivity contribution in [3.63, 3.8) is 0 Å². The molecule has 1 aliphatic heterocycles. The van der Waals surface area contributed by atoms with Gasteiger partial charge in [0.15, 0.2) is 0 Å². The van der Waals surface area contributed by atoms with Crippen LogP contribution in [0.1, 0.15) is 16.7 Å². The summed E-state index contributed by atoms with van der Waals surface area (Å²) >= 11 is 5.96. The molecule has 1 heterocycles. The number of amides is 1. The lowest BCUT2D eigenvalue weighted by molar-refractivity contribution is -0.117. The number of nitrogens with zero attached hydrogens (tertiary/aromatic N) is 2. The van der Waals surface area contributed by atoms with E-state index in [1.807, 2.05) is 38.1 Å². The minimum absolute atomic E-state index is 0.0556. The monoisotopic (exact) mass is 371 g/mol. The Balaban J connectivity index is 1.53. The number of halogens is 1. The van der Waals surface area contributed by atoms with E-state index in [0.717, 1.165) is 48.0 Å². The topological polar surface area (TPSA) is 35.6 Å². The second kappa shape index (κ2) is 8.11. The maximum atomic E-state index is 12.5. The lowest BCUT2D eigenvalue weighted by Gasteiger charge is -2.35. The van der Waals surface area contributed by atoms with Gasteiger partial charge in [-0.2, -0.15) is 0 Å². The summed E-state index contributed by atoms with van der Waals surface area (Å²) in [6.07, 6.45) is 0. The van der Waals surface area contributed by atoms with E-state index in [0.29, 0.717) is 6.54 Å². The largest absolute Gasteiger partial charge is 0.369 e. The first kappa shape index (κ1) is 18.7. The van der Waals surface area contributed by atoms with Crippen molar-refractivity contribution < 1.29 is 4.79 Å². The van der Waals surface area contributed by atoms with Gasteiger partial charge in [0.25, 0.3) is 0 Å². The third kappa shape index (κ3) is 4.57. The van der Waals surface area contributed by atoms with Crippen molar-refractivity contribution in [2.45, 2.75) is 20.8 Å². The van der Waals surface area contributed by atoms with Crippen LogP contribution in [0.25, 0.3) is 0 Å². The first-order valence-electron chi connectivity index (χ1n) is 9.03. The van der Waals surface area contributed by atoms with Gasteiger partial charge in [-0.15, -0.1) is 0 Å². The van der Waals surface area contributed by atoms with Crippen molar-refractivity contribution in [3.8, 4) is 0 Å². The zero-order valence-corrected chi connectivity index (χ0v) is 16.4. The Labute approximate surface area is 160 Å². The quantitative estimate of drug-likeness (QED) is 0.881. The van der Waals surface area contributed by atoms with Crippen LogP contribution in [0.5, 0.6) is 0 Å². The maximum Gasteiger partial charge on any atom is 0.238 e. The van der Waals surface area contributed by atoms with E-state index in [2.05, 4.69) is 34.2 Å². The SMILES string of the molecule is Cc1cc(C)c(NC(=O)CN2CCN(c3ccc(Cl)cc3)CC2)c(C)c1. The van der Waals surface area contributed by atoms with Crippen molar-refractivity contribution in [2.75, 3.05) is 42.9 Å². The number of carbonyl (C=O) groups excluding carboxylic acids is 1. The van der Waals surface area contributed by atoms with Gasteiger partial charge in [0.05, 0.1) is 6.54 Å². The van der Waals surface area contributed by atoms with Crippen LogP contribution in [-0.2, 0) is 4.79 Å². The van der Waals surface area contributed by atoms with Gasteiger partial charge in [-0.3, -0.25) is 9.69 Å². The number of aryl methyl sites for hydroxylation is 3. The summed E-state index contributed by atoms with van der Waals surface area (Å²) in [4.78, 5) is 17.0. The van der Waals surface area contributed by atoms with Crippen LogP contribution in [-0.4, -0.2) is 43.5 Å². The fourth-order valence-electron chi connectivity index (χ4n) is 3.58. The standard InChI is InChI=1S/C21H26ClN3O/c1-15-12-16(2)21(17(3)13-15)23-20(26)14-24-8-10-25(11-9-24)19-6-4-18(22)5-7-19/h4-7,12-13H,8-11,14H2,1-3H3,(H,23,26). The van der Waals surface area contributed by atoms with Crippen molar-refractivity contribution in [1.29, 1.82) is 0 Å². The van der Waals surface area contributed by atoms with Gasteiger partial charge >= 0.3 is 0 Å². The van der Waals surface area contributed by atoms with Gasteiger partial charge in [-0.05, 0) is 56.2 Å². The van der Waals surface area contributed by atoms with Crippen LogP contribution < -0.4 is 10.2 Å². The van der Waals surface area contributed by atoms with Crippen LogP contribution in [0.4, 0.5) is 11.4 Å². The highest BCUT2D eigenvalue weighted by atomic mass is 35.5.